The number of ether oxygens (including phenoxy) is 1. The van der Waals surface area contributed by atoms with Crippen LogP contribution in [0, 0.1) is 0 Å². The molecule has 1 aromatic rings. The number of hydrogen-bond acceptors (Lipinski definition) is 6. The molecule has 0 heterocycles. The molecule has 0 radical (unpaired) electrons. The molecule has 0 spiro atoms. The summed E-state index contributed by atoms with van der Waals surface area (Å²) in [7, 11) is 0. The van der Waals surface area contributed by atoms with E-state index in [0.29, 0.717) is 6.42 Å². The summed E-state index contributed by atoms with van der Waals surface area (Å²) < 4.78 is 4.96. The third-order valence-electron chi connectivity index (χ3n) is 3.68. The summed E-state index contributed by atoms with van der Waals surface area (Å²) in [5.74, 6) is -2.01. The lowest BCUT2D eigenvalue weighted by atomic mass is 10.1. The molecule has 30 heavy (non-hydrogen) atoms. The quantitative estimate of drug-likeness (QED) is 0.128. The fourth-order valence-corrected chi connectivity index (χ4v) is 2.20. The van der Waals surface area contributed by atoms with Gasteiger partial charge in [0, 0.05) is 6.54 Å². The van der Waals surface area contributed by atoms with Crippen molar-refractivity contribution in [3.8, 4) is 0 Å². The van der Waals surface area contributed by atoms with E-state index in [1.54, 1.807) is 12.1 Å². The Hall–Kier alpha value is -3.83. The second kappa shape index (κ2) is 13.4. The molecule has 1 atom stereocenters. The van der Waals surface area contributed by atoms with Gasteiger partial charge in [-0.25, -0.2) is 4.79 Å². The number of nitrogens with one attached hydrogen (secondary N) is 3. The van der Waals surface area contributed by atoms with Crippen LogP contribution in [0.25, 0.3) is 0 Å². The minimum absolute atomic E-state index is 0.0639. The number of aliphatic imine (C=N–C) groups is 1. The number of rotatable bonds is 12. The van der Waals surface area contributed by atoms with Gasteiger partial charge >= 0.3 is 6.09 Å². The first kappa shape index (κ1) is 24.2. The molecule has 9 N–H and O–H groups in total. The Morgan fingerprint density at radius 1 is 0.967 bits per heavy atom. The van der Waals surface area contributed by atoms with Crippen molar-refractivity contribution in [1.29, 1.82) is 0 Å². The second-order valence-corrected chi connectivity index (χ2v) is 6.16. The Bertz CT molecular complexity index is 751. The molecule has 12 heteroatoms. The van der Waals surface area contributed by atoms with Crippen molar-refractivity contribution in [2.24, 2.45) is 22.2 Å². The van der Waals surface area contributed by atoms with Crippen molar-refractivity contribution in [2.45, 2.75) is 25.5 Å². The number of carbonyl (C=O) groups excluding carboxylic acids is 4. The van der Waals surface area contributed by atoms with Crippen molar-refractivity contribution in [2.75, 3.05) is 19.6 Å². The highest BCUT2D eigenvalue weighted by Crippen LogP contribution is 2.00. The number of amides is 4. The second-order valence-electron chi connectivity index (χ2n) is 6.16. The molecular formula is C18H27N7O5. The van der Waals surface area contributed by atoms with Crippen LogP contribution in [0.3, 0.4) is 0 Å². The predicted molar refractivity (Wildman–Crippen MR) is 109 cm³/mol. The van der Waals surface area contributed by atoms with E-state index in [1.165, 1.54) is 0 Å². The fraction of sp³-hybridized carbons (Fsp3) is 0.389. The lowest BCUT2D eigenvalue weighted by Crippen LogP contribution is -2.49. The summed E-state index contributed by atoms with van der Waals surface area (Å²) >= 11 is 0. The minimum Gasteiger partial charge on any atom is -0.445 e. The maximum atomic E-state index is 11.9. The van der Waals surface area contributed by atoms with Gasteiger partial charge in [0.15, 0.2) is 5.96 Å². The average molecular weight is 421 g/mol. The van der Waals surface area contributed by atoms with Gasteiger partial charge in [0.1, 0.15) is 19.2 Å². The monoisotopic (exact) mass is 421 g/mol. The highest BCUT2D eigenvalue weighted by molar-refractivity contribution is 5.90. The van der Waals surface area contributed by atoms with Crippen LogP contribution in [0.1, 0.15) is 18.4 Å². The zero-order chi connectivity index (χ0) is 22.4. The molecule has 0 saturated heterocycles. The molecule has 12 nitrogen and oxygen atoms in total. The van der Waals surface area contributed by atoms with Crippen molar-refractivity contribution >= 4 is 29.8 Å². The molecule has 0 aliphatic carbocycles. The Labute approximate surface area is 173 Å². The highest BCUT2D eigenvalue weighted by Gasteiger charge is 2.18. The van der Waals surface area contributed by atoms with Gasteiger partial charge in [-0.15, -0.1) is 0 Å². The standard InChI is InChI=1S/C18H27N7O5/c19-16(28)13(7-4-8-22-17(20)21)25-15(27)10-23-14(26)9-24-18(29)30-11-12-5-2-1-3-6-12/h1-3,5-6,13H,4,7-11H2,(H2,19,28)(H,23,26)(H,24,29)(H,25,27)(H4,20,21,22)/t13-/m0/s1. The number of nitrogens with two attached hydrogens (primary N) is 3. The van der Waals surface area contributed by atoms with Crippen molar-refractivity contribution in [1.82, 2.24) is 16.0 Å². The maximum Gasteiger partial charge on any atom is 0.407 e. The first-order chi connectivity index (χ1) is 14.3. The Morgan fingerprint density at radius 2 is 1.63 bits per heavy atom. The van der Waals surface area contributed by atoms with Crippen LogP contribution in [0.5, 0.6) is 0 Å². The molecule has 0 saturated carbocycles. The molecule has 164 valence electrons. The van der Waals surface area contributed by atoms with Crippen LogP contribution in [-0.2, 0) is 25.7 Å². The van der Waals surface area contributed by atoms with Gasteiger partial charge in [-0.05, 0) is 18.4 Å². The number of hydrogen-bond donors (Lipinski definition) is 6. The molecule has 1 rings (SSSR count). The number of benzene rings is 1. The van der Waals surface area contributed by atoms with E-state index in [-0.39, 0.29) is 32.1 Å². The number of alkyl carbamates (subject to hydrolysis) is 1. The summed E-state index contributed by atoms with van der Waals surface area (Å²) in [5, 5.41) is 6.99. The third-order valence-corrected chi connectivity index (χ3v) is 3.68. The van der Waals surface area contributed by atoms with E-state index >= 15 is 0 Å². The maximum absolute atomic E-state index is 11.9. The van der Waals surface area contributed by atoms with Gasteiger partial charge in [-0.3, -0.25) is 19.4 Å². The van der Waals surface area contributed by atoms with Gasteiger partial charge in [-0.1, -0.05) is 30.3 Å². The molecule has 0 bridgehead atoms. The predicted octanol–water partition coefficient (Wildman–Crippen LogP) is -1.95. The lowest BCUT2D eigenvalue weighted by molar-refractivity contribution is -0.128. The molecule has 0 fully saturated rings. The van der Waals surface area contributed by atoms with Crippen LogP contribution in [-0.4, -0.2) is 55.5 Å². The van der Waals surface area contributed by atoms with Crippen molar-refractivity contribution < 1.29 is 23.9 Å². The molecule has 0 aliphatic rings. The summed E-state index contributed by atoms with van der Waals surface area (Å²) in [6, 6.07) is 8.11. The summed E-state index contributed by atoms with van der Waals surface area (Å²) in [5.41, 5.74) is 16.4. The average Bonchev–Trinajstić information content (AvgIpc) is 2.71. The third kappa shape index (κ3) is 11.1. The zero-order valence-electron chi connectivity index (χ0n) is 16.4. The van der Waals surface area contributed by atoms with E-state index in [1.807, 2.05) is 18.2 Å². The molecule has 0 aromatic heterocycles. The Kier molecular flexibility index (Phi) is 10.8. The largest absolute Gasteiger partial charge is 0.445 e. The summed E-state index contributed by atoms with van der Waals surface area (Å²) in [6.45, 7) is -0.422. The molecule has 0 unspecified atom stereocenters. The van der Waals surface area contributed by atoms with Crippen molar-refractivity contribution in [3.05, 3.63) is 35.9 Å². The van der Waals surface area contributed by atoms with E-state index in [9.17, 15) is 19.2 Å². The fourth-order valence-electron chi connectivity index (χ4n) is 2.20. The smallest absolute Gasteiger partial charge is 0.407 e. The van der Waals surface area contributed by atoms with Crippen LogP contribution in [0.2, 0.25) is 0 Å². The zero-order valence-corrected chi connectivity index (χ0v) is 16.4. The van der Waals surface area contributed by atoms with Gasteiger partial charge in [-0.2, -0.15) is 0 Å². The molecular weight excluding hydrogens is 394 g/mol. The Balaban J connectivity index is 2.25. The Morgan fingerprint density at radius 3 is 2.27 bits per heavy atom. The first-order valence-corrected chi connectivity index (χ1v) is 9.13. The van der Waals surface area contributed by atoms with Gasteiger partial charge in [0.05, 0.1) is 6.54 Å². The number of nitrogens with zero attached hydrogens (tertiary/aromatic N) is 1. The SMILES string of the molecule is NC(=O)[C@H](CCCN=C(N)N)NC(=O)CNC(=O)CNC(=O)OCc1ccccc1. The van der Waals surface area contributed by atoms with E-state index in [0.717, 1.165) is 5.56 Å². The first-order valence-electron chi connectivity index (χ1n) is 9.13. The normalized spacial score (nSPS) is 10.9. The van der Waals surface area contributed by atoms with Crippen LogP contribution >= 0.6 is 0 Å². The van der Waals surface area contributed by atoms with E-state index < -0.39 is 36.4 Å². The van der Waals surface area contributed by atoms with Crippen molar-refractivity contribution in [3.63, 3.8) is 0 Å². The molecule has 4 amide bonds. The topological polar surface area (TPSA) is 204 Å². The summed E-state index contributed by atoms with van der Waals surface area (Å²) in [6.07, 6.45) is -0.110. The number of carbonyl (C=O) groups is 4. The van der Waals surface area contributed by atoms with Crippen LogP contribution < -0.4 is 33.2 Å². The highest BCUT2D eigenvalue weighted by atomic mass is 16.5. The van der Waals surface area contributed by atoms with E-state index in [4.69, 9.17) is 21.9 Å². The van der Waals surface area contributed by atoms with E-state index in [2.05, 4.69) is 20.9 Å². The number of primary amides is 1. The van der Waals surface area contributed by atoms with Crippen LogP contribution in [0.15, 0.2) is 35.3 Å². The minimum atomic E-state index is -0.922. The molecule has 1 aromatic carbocycles. The lowest BCUT2D eigenvalue weighted by Gasteiger charge is -2.15. The van der Waals surface area contributed by atoms with Crippen LogP contribution in [0.4, 0.5) is 4.79 Å². The van der Waals surface area contributed by atoms with Gasteiger partial charge < -0.3 is 37.9 Å². The molecule has 0 aliphatic heterocycles. The number of guanidine groups is 1. The summed E-state index contributed by atoms with van der Waals surface area (Å²) in [4.78, 5) is 50.4. The van der Waals surface area contributed by atoms with Gasteiger partial charge in [0.25, 0.3) is 0 Å². The van der Waals surface area contributed by atoms with Gasteiger partial charge in [0.2, 0.25) is 17.7 Å².